The first-order chi connectivity index (χ1) is 14.7. The summed E-state index contributed by atoms with van der Waals surface area (Å²) in [5, 5.41) is 2.80. The van der Waals surface area contributed by atoms with E-state index in [1.807, 2.05) is 45.0 Å². The number of carbonyl (C=O) groups is 1. The maximum Gasteiger partial charge on any atom is 0.240 e. The maximum absolute atomic E-state index is 12.4. The third-order valence-corrected chi connectivity index (χ3v) is 5.51. The summed E-state index contributed by atoms with van der Waals surface area (Å²) in [6.45, 7) is 6.33. The Hall–Kier alpha value is -2.74. The molecule has 0 aromatic heterocycles. The van der Waals surface area contributed by atoms with Gasteiger partial charge in [-0.2, -0.15) is 0 Å². The Morgan fingerprint density at radius 2 is 1.77 bits per heavy atom. The van der Waals surface area contributed by atoms with Crippen LogP contribution >= 0.6 is 0 Å². The highest BCUT2D eigenvalue weighted by atomic mass is 32.2. The minimum Gasteiger partial charge on any atom is -0.492 e. The number of carbonyl (C=O) groups excluding carboxylic acids is 1. The van der Waals surface area contributed by atoms with Gasteiger partial charge in [0.05, 0.1) is 24.7 Å². The molecule has 1 N–H and O–H groups in total. The highest BCUT2D eigenvalue weighted by Crippen LogP contribution is 2.29. The van der Waals surface area contributed by atoms with Gasteiger partial charge >= 0.3 is 0 Å². The van der Waals surface area contributed by atoms with Gasteiger partial charge in [-0.25, -0.2) is 8.42 Å². The highest BCUT2D eigenvalue weighted by molar-refractivity contribution is 7.92. The topological polar surface area (TPSA) is 84.9 Å². The molecule has 0 bridgehead atoms. The molecule has 0 aliphatic rings. The second-order valence-corrected chi connectivity index (χ2v) is 9.34. The molecule has 2 aromatic carbocycles. The van der Waals surface area contributed by atoms with Gasteiger partial charge in [-0.1, -0.05) is 24.3 Å². The van der Waals surface area contributed by atoms with Crippen LogP contribution < -0.4 is 19.1 Å². The third-order valence-electron chi connectivity index (χ3n) is 4.38. The van der Waals surface area contributed by atoms with Gasteiger partial charge in [-0.15, -0.1) is 0 Å². The van der Waals surface area contributed by atoms with Crippen molar-refractivity contribution in [3.8, 4) is 11.5 Å². The van der Waals surface area contributed by atoms with E-state index < -0.39 is 10.0 Å². The van der Waals surface area contributed by atoms with Crippen LogP contribution in [0, 0.1) is 0 Å². The Labute approximate surface area is 185 Å². The van der Waals surface area contributed by atoms with Gasteiger partial charge < -0.3 is 14.8 Å². The minimum absolute atomic E-state index is 0.132. The van der Waals surface area contributed by atoms with Crippen LogP contribution in [0.5, 0.6) is 11.5 Å². The van der Waals surface area contributed by atoms with Crippen molar-refractivity contribution >= 4 is 21.6 Å². The van der Waals surface area contributed by atoms with Gasteiger partial charge in [-0.05, 0) is 63.4 Å². The molecule has 0 saturated heterocycles. The van der Waals surface area contributed by atoms with Crippen molar-refractivity contribution in [1.29, 1.82) is 0 Å². The van der Waals surface area contributed by atoms with Gasteiger partial charge in [-0.3, -0.25) is 9.10 Å². The number of hydrogen-bond donors (Lipinski definition) is 1. The summed E-state index contributed by atoms with van der Waals surface area (Å²) in [6, 6.07) is 14.7. The molecule has 0 aliphatic carbocycles. The lowest BCUT2D eigenvalue weighted by atomic mass is 10.1. The molecule has 2 aromatic rings. The molecular weight excluding hydrogens is 416 g/mol. The van der Waals surface area contributed by atoms with E-state index >= 15 is 0 Å². The second kappa shape index (κ2) is 11.6. The zero-order valence-corrected chi connectivity index (χ0v) is 19.4. The Bertz CT molecular complexity index is 943. The van der Waals surface area contributed by atoms with Crippen LogP contribution in [0.3, 0.4) is 0 Å². The number of benzene rings is 2. The molecule has 0 spiro atoms. The van der Waals surface area contributed by atoms with E-state index in [0.717, 1.165) is 34.7 Å². The molecule has 2 rings (SSSR count). The van der Waals surface area contributed by atoms with Crippen molar-refractivity contribution in [2.45, 2.75) is 39.7 Å². The molecule has 31 heavy (non-hydrogen) atoms. The van der Waals surface area contributed by atoms with Crippen molar-refractivity contribution in [2.75, 3.05) is 30.3 Å². The standard InChI is InChI=1S/C23H32N2O5S/c1-5-29-22-11-7-6-10-21(22)25(31(4,27)28)17-23(26)24-16-8-9-19-12-14-20(15-13-19)30-18(2)3/h6-7,10-15,18H,5,8-9,16-17H2,1-4H3,(H,24,26). The zero-order valence-electron chi connectivity index (χ0n) is 18.6. The first kappa shape index (κ1) is 24.5. The van der Waals surface area contributed by atoms with Crippen LogP contribution in [-0.4, -0.2) is 46.4 Å². The number of nitrogens with one attached hydrogen (secondary N) is 1. The summed E-state index contributed by atoms with van der Waals surface area (Å²) in [5.74, 6) is 0.894. The summed E-state index contributed by atoms with van der Waals surface area (Å²) in [6.07, 6.45) is 2.75. The summed E-state index contributed by atoms with van der Waals surface area (Å²) < 4.78 is 36.9. The van der Waals surface area contributed by atoms with Gasteiger partial charge in [0.1, 0.15) is 18.0 Å². The summed E-state index contributed by atoms with van der Waals surface area (Å²) in [4.78, 5) is 12.4. The van der Waals surface area contributed by atoms with E-state index in [0.29, 0.717) is 24.6 Å². The van der Waals surface area contributed by atoms with E-state index in [4.69, 9.17) is 9.47 Å². The van der Waals surface area contributed by atoms with Crippen molar-refractivity contribution in [3.05, 3.63) is 54.1 Å². The average molecular weight is 449 g/mol. The number of hydrogen-bond acceptors (Lipinski definition) is 5. The van der Waals surface area contributed by atoms with Crippen molar-refractivity contribution in [3.63, 3.8) is 0 Å². The predicted octanol–water partition coefficient (Wildman–Crippen LogP) is 3.39. The van der Waals surface area contributed by atoms with Crippen molar-refractivity contribution < 1.29 is 22.7 Å². The molecule has 0 unspecified atom stereocenters. The number of nitrogens with zero attached hydrogens (tertiary/aromatic N) is 1. The van der Waals surface area contributed by atoms with E-state index in [2.05, 4.69) is 5.32 Å². The molecule has 0 aliphatic heterocycles. The first-order valence-corrected chi connectivity index (χ1v) is 12.3. The lowest BCUT2D eigenvalue weighted by Crippen LogP contribution is -2.40. The van der Waals surface area contributed by atoms with Crippen LogP contribution in [0.15, 0.2) is 48.5 Å². The Balaban J connectivity index is 1.90. The van der Waals surface area contributed by atoms with E-state index in [-0.39, 0.29) is 18.6 Å². The zero-order chi connectivity index (χ0) is 22.9. The molecule has 0 heterocycles. The number of ether oxygens (including phenoxy) is 2. The molecule has 170 valence electrons. The number of rotatable bonds is 12. The van der Waals surface area contributed by atoms with Crippen molar-refractivity contribution in [1.82, 2.24) is 5.32 Å². The first-order valence-electron chi connectivity index (χ1n) is 10.4. The third kappa shape index (κ3) is 8.13. The number of amides is 1. The van der Waals surface area contributed by atoms with Gasteiger partial charge in [0.15, 0.2) is 0 Å². The van der Waals surface area contributed by atoms with Gasteiger partial charge in [0.2, 0.25) is 15.9 Å². The molecule has 0 radical (unpaired) electrons. The second-order valence-electron chi connectivity index (χ2n) is 7.43. The Morgan fingerprint density at radius 1 is 1.10 bits per heavy atom. The quantitative estimate of drug-likeness (QED) is 0.503. The highest BCUT2D eigenvalue weighted by Gasteiger charge is 2.23. The molecule has 0 saturated carbocycles. The van der Waals surface area contributed by atoms with Crippen LogP contribution in [0.4, 0.5) is 5.69 Å². The van der Waals surface area contributed by atoms with Crippen LogP contribution in [0.25, 0.3) is 0 Å². The molecule has 0 atom stereocenters. The van der Waals surface area contributed by atoms with Crippen LogP contribution in [-0.2, 0) is 21.2 Å². The summed E-state index contributed by atoms with van der Waals surface area (Å²) >= 11 is 0. The number of para-hydroxylation sites is 2. The van der Waals surface area contributed by atoms with E-state index in [1.165, 1.54) is 0 Å². The molecule has 1 amide bonds. The Kier molecular flexibility index (Phi) is 9.18. The average Bonchev–Trinajstić information content (AvgIpc) is 2.70. The number of sulfonamides is 1. The number of aryl methyl sites for hydroxylation is 1. The monoisotopic (exact) mass is 448 g/mol. The fourth-order valence-corrected chi connectivity index (χ4v) is 3.90. The van der Waals surface area contributed by atoms with Gasteiger partial charge in [0, 0.05) is 6.54 Å². The number of anilines is 1. The van der Waals surface area contributed by atoms with Crippen LogP contribution in [0.1, 0.15) is 32.8 Å². The van der Waals surface area contributed by atoms with E-state index in [1.54, 1.807) is 24.3 Å². The lowest BCUT2D eigenvalue weighted by molar-refractivity contribution is -0.119. The summed E-state index contributed by atoms with van der Waals surface area (Å²) in [7, 11) is -3.66. The SMILES string of the molecule is CCOc1ccccc1N(CC(=O)NCCCc1ccc(OC(C)C)cc1)S(C)(=O)=O. The largest absolute Gasteiger partial charge is 0.492 e. The maximum atomic E-state index is 12.4. The minimum atomic E-state index is -3.66. The smallest absolute Gasteiger partial charge is 0.240 e. The Morgan fingerprint density at radius 3 is 2.39 bits per heavy atom. The van der Waals surface area contributed by atoms with E-state index in [9.17, 15) is 13.2 Å². The summed E-state index contributed by atoms with van der Waals surface area (Å²) in [5.41, 5.74) is 1.50. The normalized spacial score (nSPS) is 11.3. The molecule has 0 fully saturated rings. The molecule has 8 heteroatoms. The van der Waals surface area contributed by atoms with Crippen molar-refractivity contribution in [2.24, 2.45) is 0 Å². The van der Waals surface area contributed by atoms with Crippen LogP contribution in [0.2, 0.25) is 0 Å². The molecule has 7 nitrogen and oxygen atoms in total. The van der Waals surface area contributed by atoms with Gasteiger partial charge in [0.25, 0.3) is 0 Å². The molecular formula is C23H32N2O5S. The fourth-order valence-electron chi connectivity index (χ4n) is 3.04. The predicted molar refractivity (Wildman–Crippen MR) is 123 cm³/mol. The fraction of sp³-hybridized carbons (Fsp3) is 0.435. The lowest BCUT2D eigenvalue weighted by Gasteiger charge is -2.24.